The van der Waals surface area contributed by atoms with Crippen LogP contribution in [0.3, 0.4) is 0 Å². The van der Waals surface area contributed by atoms with Crippen LogP contribution in [0, 0.1) is 29.9 Å². The van der Waals surface area contributed by atoms with Crippen molar-refractivity contribution < 1.29 is 13.6 Å². The molecule has 0 radical (unpaired) electrons. The number of hydrogen-bond donors (Lipinski definition) is 1. The summed E-state index contributed by atoms with van der Waals surface area (Å²) < 4.78 is 27.0. The van der Waals surface area contributed by atoms with Gasteiger partial charge in [0.05, 0.1) is 23.7 Å². The number of hydrogen-bond acceptors (Lipinski definition) is 2. The predicted molar refractivity (Wildman–Crippen MR) is 74.6 cm³/mol. The molecule has 0 heterocycles. The molecule has 0 aliphatic heterocycles. The average molecular weight is 286 g/mol. The van der Waals surface area contributed by atoms with Crippen LogP contribution in [0.4, 0.5) is 14.5 Å². The number of nitrogens with one attached hydrogen (secondary N) is 1. The van der Waals surface area contributed by atoms with Crippen LogP contribution in [0.2, 0.25) is 0 Å². The quantitative estimate of drug-likeness (QED) is 0.941. The number of carbonyl (C=O) groups is 1. The van der Waals surface area contributed by atoms with Crippen molar-refractivity contribution >= 4 is 11.6 Å². The Kier molecular flexibility index (Phi) is 4.29. The molecular weight excluding hydrogens is 274 g/mol. The van der Waals surface area contributed by atoms with Gasteiger partial charge in [0.1, 0.15) is 11.6 Å². The lowest BCUT2D eigenvalue weighted by atomic mass is 10.1. The molecule has 0 aliphatic carbocycles. The van der Waals surface area contributed by atoms with Gasteiger partial charge < -0.3 is 5.32 Å². The van der Waals surface area contributed by atoms with E-state index < -0.39 is 17.5 Å². The lowest BCUT2D eigenvalue weighted by molar-refractivity contribution is -0.115. The van der Waals surface area contributed by atoms with Crippen LogP contribution in [-0.2, 0) is 11.2 Å². The molecule has 0 aliphatic rings. The van der Waals surface area contributed by atoms with Gasteiger partial charge in [-0.1, -0.05) is 12.1 Å². The number of amides is 1. The summed E-state index contributed by atoms with van der Waals surface area (Å²) in [6.45, 7) is 1.45. The van der Waals surface area contributed by atoms with E-state index >= 15 is 0 Å². The number of benzene rings is 2. The van der Waals surface area contributed by atoms with Crippen molar-refractivity contribution in [2.24, 2.45) is 0 Å². The van der Waals surface area contributed by atoms with Crippen molar-refractivity contribution in [2.75, 3.05) is 5.32 Å². The Labute approximate surface area is 120 Å². The SMILES string of the molecule is Cc1cc(F)c(NC(=O)Cc2ccc(C#N)cc2)cc1F. The molecule has 0 atom stereocenters. The molecule has 0 unspecified atom stereocenters. The molecule has 1 N–H and O–H groups in total. The van der Waals surface area contributed by atoms with Crippen LogP contribution in [0.5, 0.6) is 0 Å². The third-order valence-electron chi connectivity index (χ3n) is 2.97. The maximum atomic E-state index is 13.6. The van der Waals surface area contributed by atoms with E-state index in [1.165, 1.54) is 6.92 Å². The van der Waals surface area contributed by atoms with E-state index in [9.17, 15) is 13.6 Å². The highest BCUT2D eigenvalue weighted by atomic mass is 19.1. The highest BCUT2D eigenvalue weighted by Crippen LogP contribution is 2.19. The van der Waals surface area contributed by atoms with E-state index in [4.69, 9.17) is 5.26 Å². The first-order valence-corrected chi connectivity index (χ1v) is 6.24. The maximum Gasteiger partial charge on any atom is 0.228 e. The molecule has 3 nitrogen and oxygen atoms in total. The van der Waals surface area contributed by atoms with Gasteiger partial charge in [-0.2, -0.15) is 5.26 Å². The summed E-state index contributed by atoms with van der Waals surface area (Å²) in [5, 5.41) is 11.0. The molecule has 0 spiro atoms. The smallest absolute Gasteiger partial charge is 0.228 e. The fraction of sp³-hybridized carbons (Fsp3) is 0.125. The van der Waals surface area contributed by atoms with Crippen molar-refractivity contribution in [3.8, 4) is 6.07 Å². The maximum absolute atomic E-state index is 13.6. The fourth-order valence-corrected chi connectivity index (χ4v) is 1.82. The van der Waals surface area contributed by atoms with Crippen LogP contribution in [0.1, 0.15) is 16.7 Å². The van der Waals surface area contributed by atoms with E-state index in [0.29, 0.717) is 11.1 Å². The second kappa shape index (κ2) is 6.14. The molecule has 0 bridgehead atoms. The van der Waals surface area contributed by atoms with Gasteiger partial charge >= 0.3 is 0 Å². The fourth-order valence-electron chi connectivity index (χ4n) is 1.82. The summed E-state index contributed by atoms with van der Waals surface area (Å²) in [6.07, 6.45) is 0.0145. The Morgan fingerprint density at radius 3 is 2.48 bits per heavy atom. The van der Waals surface area contributed by atoms with Crippen molar-refractivity contribution in [1.82, 2.24) is 0 Å². The normalized spacial score (nSPS) is 10.0. The number of nitrogens with zero attached hydrogens (tertiary/aromatic N) is 1. The largest absolute Gasteiger partial charge is 0.323 e. The van der Waals surface area contributed by atoms with Crippen molar-refractivity contribution in [2.45, 2.75) is 13.3 Å². The summed E-state index contributed by atoms with van der Waals surface area (Å²) in [5.74, 6) is -1.71. The number of aryl methyl sites for hydroxylation is 1. The standard InChI is InChI=1S/C16H12F2N2O/c1-10-6-14(18)15(8-13(10)17)20-16(21)7-11-2-4-12(9-19)5-3-11/h2-6,8H,7H2,1H3,(H,20,21). The van der Waals surface area contributed by atoms with Crippen molar-refractivity contribution in [3.63, 3.8) is 0 Å². The second-order valence-electron chi connectivity index (χ2n) is 4.61. The number of nitriles is 1. The van der Waals surface area contributed by atoms with E-state index in [1.807, 2.05) is 6.07 Å². The van der Waals surface area contributed by atoms with Crippen LogP contribution in [0.15, 0.2) is 36.4 Å². The minimum Gasteiger partial charge on any atom is -0.323 e. The summed E-state index contributed by atoms with van der Waals surface area (Å²) in [7, 11) is 0. The summed E-state index contributed by atoms with van der Waals surface area (Å²) in [6, 6.07) is 10.4. The summed E-state index contributed by atoms with van der Waals surface area (Å²) >= 11 is 0. The minimum absolute atomic E-state index is 0.0145. The number of halogens is 2. The Balaban J connectivity index is 2.08. The minimum atomic E-state index is -0.679. The molecule has 1 amide bonds. The first-order chi connectivity index (χ1) is 9.99. The zero-order valence-corrected chi connectivity index (χ0v) is 11.3. The molecule has 0 saturated carbocycles. The summed E-state index contributed by atoms with van der Waals surface area (Å²) in [5.41, 5.74) is 1.17. The van der Waals surface area contributed by atoms with Crippen molar-refractivity contribution in [1.29, 1.82) is 5.26 Å². The van der Waals surface area contributed by atoms with E-state index in [0.717, 1.165) is 12.1 Å². The van der Waals surface area contributed by atoms with E-state index in [2.05, 4.69) is 5.32 Å². The van der Waals surface area contributed by atoms with Gasteiger partial charge in [0.2, 0.25) is 5.91 Å². The molecule has 0 aromatic heterocycles. The molecule has 21 heavy (non-hydrogen) atoms. The third-order valence-corrected chi connectivity index (χ3v) is 2.97. The van der Waals surface area contributed by atoms with E-state index in [-0.39, 0.29) is 17.7 Å². The van der Waals surface area contributed by atoms with Gasteiger partial charge in [-0.05, 0) is 36.2 Å². The predicted octanol–water partition coefficient (Wildman–Crippen LogP) is 3.33. The Bertz CT molecular complexity index is 718. The third kappa shape index (κ3) is 3.63. The van der Waals surface area contributed by atoms with Crippen LogP contribution in [0.25, 0.3) is 0 Å². The van der Waals surface area contributed by atoms with Gasteiger partial charge in [0.15, 0.2) is 0 Å². The average Bonchev–Trinajstić information content (AvgIpc) is 2.45. The Morgan fingerprint density at radius 1 is 1.19 bits per heavy atom. The lowest BCUT2D eigenvalue weighted by Crippen LogP contribution is -2.15. The van der Waals surface area contributed by atoms with Gasteiger partial charge in [-0.15, -0.1) is 0 Å². The van der Waals surface area contributed by atoms with Crippen LogP contribution >= 0.6 is 0 Å². The van der Waals surface area contributed by atoms with Gasteiger partial charge in [-0.3, -0.25) is 4.79 Å². The topological polar surface area (TPSA) is 52.9 Å². The Hall–Kier alpha value is -2.74. The number of rotatable bonds is 3. The Morgan fingerprint density at radius 2 is 1.86 bits per heavy atom. The number of anilines is 1. The highest BCUT2D eigenvalue weighted by Gasteiger charge is 2.11. The summed E-state index contributed by atoms with van der Waals surface area (Å²) in [4.78, 5) is 11.8. The molecule has 5 heteroatoms. The zero-order valence-electron chi connectivity index (χ0n) is 11.3. The van der Waals surface area contributed by atoms with E-state index in [1.54, 1.807) is 24.3 Å². The zero-order chi connectivity index (χ0) is 15.4. The van der Waals surface area contributed by atoms with Crippen molar-refractivity contribution in [3.05, 3.63) is 64.7 Å². The number of carbonyl (C=O) groups excluding carboxylic acids is 1. The molecule has 106 valence electrons. The first kappa shape index (κ1) is 14.7. The molecule has 0 saturated heterocycles. The monoisotopic (exact) mass is 286 g/mol. The molecule has 2 aromatic carbocycles. The lowest BCUT2D eigenvalue weighted by Gasteiger charge is -2.08. The molecular formula is C16H12F2N2O. The second-order valence-corrected chi connectivity index (χ2v) is 4.61. The highest BCUT2D eigenvalue weighted by molar-refractivity contribution is 5.92. The van der Waals surface area contributed by atoms with Gasteiger partial charge in [0.25, 0.3) is 0 Å². The van der Waals surface area contributed by atoms with Gasteiger partial charge in [-0.25, -0.2) is 8.78 Å². The first-order valence-electron chi connectivity index (χ1n) is 6.24. The molecule has 0 fully saturated rings. The van der Waals surface area contributed by atoms with Gasteiger partial charge in [0, 0.05) is 6.07 Å². The molecule has 2 aromatic rings. The van der Waals surface area contributed by atoms with Crippen LogP contribution < -0.4 is 5.32 Å². The van der Waals surface area contributed by atoms with Crippen LogP contribution in [-0.4, -0.2) is 5.91 Å². The molecule has 2 rings (SSSR count).